The number of carbonyl (C=O) groups is 1. The Morgan fingerprint density at radius 3 is 2.44 bits per heavy atom. The van der Waals surface area contributed by atoms with Crippen LogP contribution in [0, 0.1) is 23.1 Å². The molecule has 216 valence electrons. The smallest absolute Gasteiger partial charge is 0.175 e. The SMILES string of the molecule is CCCCCCCCC(C(C)(C)C)C(C)(C)Oc1cc2c(s1)CCN(C(C(=O)C1CC1)c1ccccc1F)C2. The number of Topliss-reactive ketones (excluding diaryl/α,β-unsaturated/α-hetero) is 1. The standard InChI is InChI=1S/C34H50FNO2S/c1-7-8-9-10-11-12-17-29(33(2,3)4)34(5,6)38-30-22-25-23-36(21-20-28(25)39-30)31(32(37)24-18-19-24)26-15-13-14-16-27(26)35/h13-16,22,24,29,31H,7-12,17-21,23H2,1-6H3. The molecule has 2 atom stereocenters. The van der Waals surface area contributed by atoms with Crippen molar-refractivity contribution in [2.24, 2.45) is 17.3 Å². The molecule has 1 aromatic heterocycles. The molecule has 3 nitrogen and oxygen atoms in total. The summed E-state index contributed by atoms with van der Waals surface area (Å²) in [4.78, 5) is 16.9. The topological polar surface area (TPSA) is 29.5 Å². The average Bonchev–Trinajstić information content (AvgIpc) is 3.64. The number of benzene rings is 1. The number of thiophene rings is 1. The Balaban J connectivity index is 1.46. The fraction of sp³-hybridized carbons (Fsp3) is 0.676. The van der Waals surface area contributed by atoms with Crippen molar-refractivity contribution < 1.29 is 13.9 Å². The lowest BCUT2D eigenvalue weighted by atomic mass is 9.69. The predicted molar refractivity (Wildman–Crippen MR) is 161 cm³/mol. The largest absolute Gasteiger partial charge is 0.478 e. The molecule has 0 bridgehead atoms. The van der Waals surface area contributed by atoms with Crippen LogP contribution in [-0.4, -0.2) is 22.8 Å². The van der Waals surface area contributed by atoms with Gasteiger partial charge in [0.2, 0.25) is 0 Å². The number of hydrogen-bond acceptors (Lipinski definition) is 4. The number of nitrogens with zero attached hydrogens (tertiary/aromatic N) is 1. The zero-order valence-corrected chi connectivity index (χ0v) is 26.0. The van der Waals surface area contributed by atoms with E-state index in [9.17, 15) is 9.18 Å². The molecule has 1 aliphatic heterocycles. The minimum atomic E-state index is -0.504. The second kappa shape index (κ2) is 12.9. The molecule has 2 aromatic rings. The van der Waals surface area contributed by atoms with E-state index in [1.807, 2.05) is 6.07 Å². The Labute approximate surface area is 240 Å². The van der Waals surface area contributed by atoms with Crippen molar-refractivity contribution in [3.8, 4) is 5.06 Å². The van der Waals surface area contributed by atoms with E-state index in [2.05, 4.69) is 52.5 Å². The van der Waals surface area contributed by atoms with Crippen LogP contribution in [0.2, 0.25) is 0 Å². The van der Waals surface area contributed by atoms with E-state index in [0.29, 0.717) is 18.0 Å². The average molecular weight is 556 g/mol. The number of halogens is 1. The van der Waals surface area contributed by atoms with E-state index in [4.69, 9.17) is 4.74 Å². The van der Waals surface area contributed by atoms with Gasteiger partial charge in [-0.25, -0.2) is 4.39 Å². The molecule has 0 radical (unpaired) electrons. The number of fused-ring (bicyclic) bond motifs is 1. The number of rotatable bonds is 14. The molecule has 0 amide bonds. The van der Waals surface area contributed by atoms with Gasteiger partial charge in [-0.3, -0.25) is 9.69 Å². The predicted octanol–water partition coefficient (Wildman–Crippen LogP) is 9.54. The van der Waals surface area contributed by atoms with Crippen molar-refractivity contribution in [2.75, 3.05) is 6.54 Å². The molecule has 39 heavy (non-hydrogen) atoms. The molecule has 0 spiro atoms. The molecule has 1 saturated carbocycles. The first-order valence-electron chi connectivity index (χ1n) is 15.3. The summed E-state index contributed by atoms with van der Waals surface area (Å²) in [5.41, 5.74) is 1.61. The Bertz CT molecular complexity index is 1100. The van der Waals surface area contributed by atoms with E-state index in [1.54, 1.807) is 23.5 Å². The summed E-state index contributed by atoms with van der Waals surface area (Å²) in [5.74, 6) is 0.420. The van der Waals surface area contributed by atoms with Gasteiger partial charge in [-0.2, -0.15) is 0 Å². The second-order valence-corrected chi connectivity index (χ2v) is 14.6. The first-order valence-corrected chi connectivity index (χ1v) is 16.2. The van der Waals surface area contributed by atoms with Crippen LogP contribution in [0.3, 0.4) is 0 Å². The highest BCUT2D eigenvalue weighted by Gasteiger charge is 2.42. The third-order valence-corrected chi connectivity index (χ3v) is 9.90. The third kappa shape index (κ3) is 7.73. The maximum absolute atomic E-state index is 14.9. The maximum Gasteiger partial charge on any atom is 0.175 e. The van der Waals surface area contributed by atoms with Gasteiger partial charge in [0.15, 0.2) is 10.8 Å². The number of ketones is 1. The van der Waals surface area contributed by atoms with Crippen molar-refractivity contribution in [3.05, 3.63) is 52.2 Å². The minimum absolute atomic E-state index is 0.0825. The zero-order valence-electron chi connectivity index (χ0n) is 25.2. The van der Waals surface area contributed by atoms with E-state index in [0.717, 1.165) is 30.9 Å². The summed E-state index contributed by atoms with van der Waals surface area (Å²) in [7, 11) is 0. The van der Waals surface area contributed by atoms with Gasteiger partial charge in [0.1, 0.15) is 11.4 Å². The van der Waals surface area contributed by atoms with E-state index in [-0.39, 0.29) is 28.5 Å². The molecular weight excluding hydrogens is 505 g/mol. The van der Waals surface area contributed by atoms with Crippen LogP contribution in [0.15, 0.2) is 30.3 Å². The number of unbranched alkanes of at least 4 members (excludes halogenated alkanes) is 5. The van der Waals surface area contributed by atoms with Gasteiger partial charge >= 0.3 is 0 Å². The first kappa shape index (κ1) is 30.2. The molecule has 2 heterocycles. The molecule has 2 unspecified atom stereocenters. The molecule has 2 aliphatic rings. The Hall–Kier alpha value is -1.72. The van der Waals surface area contributed by atoms with Gasteiger partial charge in [-0.1, -0.05) is 84.4 Å². The summed E-state index contributed by atoms with van der Waals surface area (Å²) < 4.78 is 21.7. The van der Waals surface area contributed by atoms with Gasteiger partial charge < -0.3 is 4.74 Å². The van der Waals surface area contributed by atoms with Gasteiger partial charge in [0, 0.05) is 35.4 Å². The lowest BCUT2D eigenvalue weighted by Crippen LogP contribution is -2.44. The van der Waals surface area contributed by atoms with Gasteiger partial charge in [0.25, 0.3) is 0 Å². The fourth-order valence-corrected chi connectivity index (χ4v) is 7.85. The van der Waals surface area contributed by atoms with Crippen LogP contribution in [0.5, 0.6) is 5.06 Å². The summed E-state index contributed by atoms with van der Waals surface area (Å²) in [6.45, 7) is 15.2. The van der Waals surface area contributed by atoms with Crippen molar-refractivity contribution in [1.29, 1.82) is 0 Å². The third-order valence-electron chi connectivity index (χ3n) is 8.78. The molecule has 1 fully saturated rings. The first-order chi connectivity index (χ1) is 18.5. The molecular formula is C34H50FNO2S. The van der Waals surface area contributed by atoms with Crippen LogP contribution in [0.1, 0.15) is 121 Å². The van der Waals surface area contributed by atoms with Crippen LogP contribution >= 0.6 is 11.3 Å². The Morgan fingerprint density at radius 2 is 1.77 bits per heavy atom. The molecule has 0 N–H and O–H groups in total. The monoisotopic (exact) mass is 555 g/mol. The van der Waals surface area contributed by atoms with E-state index < -0.39 is 6.04 Å². The number of carbonyl (C=O) groups excluding carboxylic acids is 1. The zero-order chi connectivity index (χ0) is 28.2. The van der Waals surface area contributed by atoms with Crippen LogP contribution < -0.4 is 4.74 Å². The lowest BCUT2D eigenvalue weighted by molar-refractivity contribution is -0.126. The Kier molecular flexibility index (Phi) is 9.96. The maximum atomic E-state index is 14.9. The van der Waals surface area contributed by atoms with Gasteiger partial charge in [-0.15, -0.1) is 11.3 Å². The van der Waals surface area contributed by atoms with Gasteiger partial charge in [0.05, 0.1) is 6.04 Å². The summed E-state index contributed by atoms with van der Waals surface area (Å²) in [5, 5.41) is 0.972. The summed E-state index contributed by atoms with van der Waals surface area (Å²) in [6.07, 6.45) is 11.8. The number of ether oxygens (including phenoxy) is 1. The highest BCUT2D eigenvalue weighted by molar-refractivity contribution is 7.14. The summed E-state index contributed by atoms with van der Waals surface area (Å²) in [6, 6.07) is 8.50. The van der Waals surface area contributed by atoms with Crippen LogP contribution in [-0.2, 0) is 17.8 Å². The lowest BCUT2D eigenvalue weighted by Gasteiger charge is -2.42. The second-order valence-electron chi connectivity index (χ2n) is 13.5. The van der Waals surface area contributed by atoms with E-state index in [1.165, 1.54) is 61.5 Å². The highest BCUT2D eigenvalue weighted by atomic mass is 32.1. The fourth-order valence-electron chi connectivity index (χ4n) is 6.70. The number of hydrogen-bond donors (Lipinski definition) is 0. The normalized spacial score (nSPS) is 18.0. The molecule has 5 heteroatoms. The van der Waals surface area contributed by atoms with Crippen molar-refractivity contribution in [3.63, 3.8) is 0 Å². The van der Waals surface area contributed by atoms with Crippen molar-refractivity contribution >= 4 is 17.1 Å². The quantitative estimate of drug-likeness (QED) is 0.217. The van der Waals surface area contributed by atoms with Crippen LogP contribution in [0.25, 0.3) is 0 Å². The van der Waals surface area contributed by atoms with Crippen molar-refractivity contribution in [2.45, 2.75) is 124 Å². The van der Waals surface area contributed by atoms with Crippen molar-refractivity contribution in [1.82, 2.24) is 4.90 Å². The minimum Gasteiger partial charge on any atom is -0.478 e. The summed E-state index contributed by atoms with van der Waals surface area (Å²) >= 11 is 1.76. The van der Waals surface area contributed by atoms with Crippen LogP contribution in [0.4, 0.5) is 4.39 Å². The van der Waals surface area contributed by atoms with E-state index >= 15 is 0 Å². The molecule has 0 saturated heterocycles. The highest BCUT2D eigenvalue weighted by Crippen LogP contribution is 2.45. The van der Waals surface area contributed by atoms with Gasteiger partial charge in [-0.05, 0) is 62.6 Å². The molecule has 1 aliphatic carbocycles. The molecule has 4 rings (SSSR count). The Morgan fingerprint density at radius 1 is 1.08 bits per heavy atom. The molecule has 1 aromatic carbocycles.